The number of rotatable bonds is 2. The van der Waals surface area contributed by atoms with Crippen LogP contribution >= 0.6 is 0 Å². The molecule has 0 radical (unpaired) electrons. The topological polar surface area (TPSA) is 56.7 Å². The highest BCUT2D eigenvalue weighted by Crippen LogP contribution is 2.22. The maximum absolute atomic E-state index is 5.70. The van der Waals surface area contributed by atoms with Crippen LogP contribution in [-0.4, -0.2) is 14.5 Å². The molecule has 2 N–H and O–H groups in total. The average molecular weight is 236 g/mol. The molecule has 0 aliphatic heterocycles. The Bertz CT molecular complexity index is 641. The molecule has 18 heavy (non-hydrogen) atoms. The minimum Gasteiger partial charge on any atom is -0.399 e. The Morgan fingerprint density at radius 1 is 0.889 bits per heavy atom. The summed E-state index contributed by atoms with van der Waals surface area (Å²) in [6.07, 6.45) is 7.18. The van der Waals surface area contributed by atoms with Gasteiger partial charge in [-0.05, 0) is 36.4 Å². The van der Waals surface area contributed by atoms with Gasteiger partial charge in [0.2, 0.25) is 0 Å². The van der Waals surface area contributed by atoms with Gasteiger partial charge in [0.15, 0.2) is 0 Å². The predicted molar refractivity (Wildman–Crippen MR) is 71.2 cm³/mol. The average Bonchev–Trinajstić information content (AvgIpc) is 2.90. The van der Waals surface area contributed by atoms with E-state index >= 15 is 0 Å². The molecule has 1 aromatic carbocycles. The molecule has 0 saturated heterocycles. The fourth-order valence-corrected chi connectivity index (χ4v) is 1.87. The molecule has 0 saturated carbocycles. The number of nitrogens with two attached hydrogens (primary N) is 1. The summed E-state index contributed by atoms with van der Waals surface area (Å²) in [5, 5.41) is 0. The number of imidazole rings is 1. The van der Waals surface area contributed by atoms with E-state index in [2.05, 4.69) is 9.97 Å². The number of nitrogen functional groups attached to an aromatic ring is 1. The first-order valence-electron chi connectivity index (χ1n) is 5.63. The molecule has 3 rings (SSSR count). The van der Waals surface area contributed by atoms with Gasteiger partial charge in [-0.2, -0.15) is 0 Å². The normalized spacial score (nSPS) is 10.4. The summed E-state index contributed by atoms with van der Waals surface area (Å²) in [6.45, 7) is 0. The smallest absolute Gasteiger partial charge is 0.0997 e. The van der Waals surface area contributed by atoms with E-state index in [1.807, 2.05) is 47.2 Å². The Morgan fingerprint density at radius 2 is 1.61 bits per heavy atom. The molecule has 4 nitrogen and oxygen atoms in total. The van der Waals surface area contributed by atoms with Crippen LogP contribution in [0, 0.1) is 0 Å². The molecule has 88 valence electrons. The summed E-state index contributed by atoms with van der Waals surface area (Å²) < 4.78 is 2.02. The number of hydrogen-bond donors (Lipinski definition) is 1. The summed E-state index contributed by atoms with van der Waals surface area (Å²) in [5.41, 5.74) is 9.60. The van der Waals surface area contributed by atoms with Gasteiger partial charge < -0.3 is 5.73 Å². The Balaban J connectivity index is 2.10. The van der Waals surface area contributed by atoms with E-state index in [1.54, 1.807) is 18.7 Å². The van der Waals surface area contributed by atoms with Gasteiger partial charge in [-0.3, -0.25) is 9.55 Å². The monoisotopic (exact) mass is 236 g/mol. The Labute approximate surface area is 105 Å². The lowest BCUT2D eigenvalue weighted by atomic mass is 10.2. The van der Waals surface area contributed by atoms with Crippen molar-refractivity contribution in [2.45, 2.75) is 0 Å². The van der Waals surface area contributed by atoms with E-state index in [0.29, 0.717) is 0 Å². The van der Waals surface area contributed by atoms with Gasteiger partial charge in [0, 0.05) is 29.3 Å². The zero-order chi connectivity index (χ0) is 12.4. The first-order valence-corrected chi connectivity index (χ1v) is 5.63. The SMILES string of the molecule is Nc1ccc(-n2cncc2-c2ccncc2)cc1. The van der Waals surface area contributed by atoms with E-state index in [4.69, 9.17) is 5.73 Å². The van der Waals surface area contributed by atoms with Crippen molar-refractivity contribution in [2.24, 2.45) is 0 Å². The molecule has 2 aromatic heterocycles. The molecule has 0 aliphatic carbocycles. The van der Waals surface area contributed by atoms with Gasteiger partial charge in [0.1, 0.15) is 0 Å². The van der Waals surface area contributed by atoms with Gasteiger partial charge in [-0.25, -0.2) is 4.98 Å². The third kappa shape index (κ3) is 1.84. The second-order valence-corrected chi connectivity index (χ2v) is 3.98. The van der Waals surface area contributed by atoms with Crippen LogP contribution in [0.2, 0.25) is 0 Å². The van der Waals surface area contributed by atoms with Crippen molar-refractivity contribution in [3.63, 3.8) is 0 Å². The van der Waals surface area contributed by atoms with Crippen molar-refractivity contribution in [1.82, 2.24) is 14.5 Å². The molecule has 0 unspecified atom stereocenters. The molecule has 0 atom stereocenters. The zero-order valence-corrected chi connectivity index (χ0v) is 9.69. The zero-order valence-electron chi connectivity index (χ0n) is 9.69. The lowest BCUT2D eigenvalue weighted by molar-refractivity contribution is 1.06. The van der Waals surface area contributed by atoms with Crippen LogP contribution in [0.1, 0.15) is 0 Å². The standard InChI is InChI=1S/C14H12N4/c15-12-1-3-13(4-2-12)18-10-17-9-14(18)11-5-7-16-8-6-11/h1-10H,15H2. The summed E-state index contributed by atoms with van der Waals surface area (Å²) in [4.78, 5) is 8.23. The van der Waals surface area contributed by atoms with Gasteiger partial charge in [0.25, 0.3) is 0 Å². The third-order valence-electron chi connectivity index (χ3n) is 2.79. The Hall–Kier alpha value is -2.62. The molecule has 3 aromatic rings. The number of nitrogens with zero attached hydrogens (tertiary/aromatic N) is 3. The number of pyridine rings is 1. The maximum Gasteiger partial charge on any atom is 0.0997 e. The molecule has 0 amide bonds. The lowest BCUT2D eigenvalue weighted by Gasteiger charge is -2.08. The van der Waals surface area contributed by atoms with Crippen LogP contribution in [-0.2, 0) is 0 Å². The summed E-state index contributed by atoms with van der Waals surface area (Å²) in [6, 6.07) is 11.6. The molecular formula is C14H12N4. The highest BCUT2D eigenvalue weighted by atomic mass is 15.0. The molecule has 2 heterocycles. The van der Waals surface area contributed by atoms with Gasteiger partial charge in [-0.1, -0.05) is 0 Å². The predicted octanol–water partition coefficient (Wildman–Crippen LogP) is 2.52. The second-order valence-electron chi connectivity index (χ2n) is 3.98. The summed E-state index contributed by atoms with van der Waals surface area (Å²) in [5.74, 6) is 0. The first-order chi connectivity index (χ1) is 8.84. The van der Waals surface area contributed by atoms with Gasteiger partial charge >= 0.3 is 0 Å². The highest BCUT2D eigenvalue weighted by Gasteiger charge is 2.06. The minimum absolute atomic E-state index is 0.754. The van der Waals surface area contributed by atoms with Crippen molar-refractivity contribution < 1.29 is 0 Å². The lowest BCUT2D eigenvalue weighted by Crippen LogP contribution is -1.95. The van der Waals surface area contributed by atoms with Crippen molar-refractivity contribution in [3.8, 4) is 16.9 Å². The van der Waals surface area contributed by atoms with E-state index < -0.39 is 0 Å². The number of hydrogen-bond acceptors (Lipinski definition) is 3. The fourth-order valence-electron chi connectivity index (χ4n) is 1.87. The van der Waals surface area contributed by atoms with Gasteiger partial charge in [-0.15, -0.1) is 0 Å². The largest absolute Gasteiger partial charge is 0.399 e. The van der Waals surface area contributed by atoms with Crippen molar-refractivity contribution in [1.29, 1.82) is 0 Å². The van der Waals surface area contributed by atoms with Crippen LogP contribution in [0.4, 0.5) is 5.69 Å². The van der Waals surface area contributed by atoms with Gasteiger partial charge in [0.05, 0.1) is 18.2 Å². The molecule has 4 heteroatoms. The number of anilines is 1. The van der Waals surface area contributed by atoms with Crippen LogP contribution in [0.15, 0.2) is 61.3 Å². The molecular weight excluding hydrogens is 224 g/mol. The summed E-state index contributed by atoms with van der Waals surface area (Å²) in [7, 11) is 0. The molecule has 0 bridgehead atoms. The van der Waals surface area contributed by atoms with Crippen LogP contribution in [0.25, 0.3) is 16.9 Å². The second kappa shape index (κ2) is 4.33. The molecule has 0 aliphatic rings. The quantitative estimate of drug-likeness (QED) is 0.695. The van der Waals surface area contributed by atoms with E-state index in [0.717, 1.165) is 22.6 Å². The molecule has 0 spiro atoms. The van der Waals surface area contributed by atoms with Crippen LogP contribution in [0.5, 0.6) is 0 Å². The fraction of sp³-hybridized carbons (Fsp3) is 0. The van der Waals surface area contributed by atoms with Crippen molar-refractivity contribution in [2.75, 3.05) is 5.73 Å². The third-order valence-corrected chi connectivity index (χ3v) is 2.79. The van der Waals surface area contributed by atoms with E-state index in [9.17, 15) is 0 Å². The van der Waals surface area contributed by atoms with Crippen LogP contribution in [0.3, 0.4) is 0 Å². The number of benzene rings is 1. The highest BCUT2D eigenvalue weighted by molar-refractivity contribution is 5.61. The Kier molecular flexibility index (Phi) is 2.53. The number of aromatic nitrogens is 3. The first kappa shape index (κ1) is 10.5. The molecule has 0 fully saturated rings. The van der Waals surface area contributed by atoms with Crippen molar-refractivity contribution >= 4 is 5.69 Å². The van der Waals surface area contributed by atoms with Crippen molar-refractivity contribution in [3.05, 3.63) is 61.3 Å². The summed E-state index contributed by atoms with van der Waals surface area (Å²) >= 11 is 0. The van der Waals surface area contributed by atoms with Crippen LogP contribution < -0.4 is 5.73 Å². The van der Waals surface area contributed by atoms with E-state index in [1.165, 1.54) is 0 Å². The van der Waals surface area contributed by atoms with E-state index in [-0.39, 0.29) is 0 Å². The Morgan fingerprint density at radius 3 is 2.33 bits per heavy atom. The minimum atomic E-state index is 0.754. The maximum atomic E-state index is 5.70.